The smallest absolute Gasteiger partial charge is 0.438 e. The van der Waals surface area contributed by atoms with Crippen molar-refractivity contribution >= 4 is 11.7 Å². The van der Waals surface area contributed by atoms with Crippen LogP contribution in [-0.2, 0) is 4.79 Å². The van der Waals surface area contributed by atoms with Crippen molar-refractivity contribution in [2.75, 3.05) is 0 Å². The van der Waals surface area contributed by atoms with Crippen LogP contribution in [0.1, 0.15) is 22.3 Å². The van der Waals surface area contributed by atoms with Crippen molar-refractivity contribution in [3.63, 3.8) is 0 Å². The van der Waals surface area contributed by atoms with Crippen molar-refractivity contribution in [1.29, 1.82) is 0 Å². The second-order valence-corrected chi connectivity index (χ2v) is 6.27. The average molecular weight is 375 g/mol. The summed E-state index contributed by atoms with van der Waals surface area (Å²) in [5.74, 6) is -1.93. The molecule has 1 atom stereocenters. The quantitative estimate of drug-likeness (QED) is 0.650. The Morgan fingerprint density at radius 1 is 1.11 bits per heavy atom. The minimum atomic E-state index is -4.96. The molecule has 1 saturated heterocycles. The predicted molar refractivity (Wildman–Crippen MR) is 92.2 cm³/mol. The Balaban J connectivity index is 1.91. The maximum Gasteiger partial charge on any atom is 0.438 e. The lowest BCUT2D eigenvalue weighted by Crippen LogP contribution is -2.55. The minimum absolute atomic E-state index is 0.0799. The summed E-state index contributed by atoms with van der Waals surface area (Å²) in [5.41, 5.74) is -2.07. The standard InChI is InChI=1S/C20H16F3NO3/c1-13-7-9-16(10-8-13)27-19(20(21,22)23)12-15(24-18(19)26)11-17(25)14-5-3-2-4-6-14/h2-11H,12H2,1H3,(H,24,26)/b15-11+. The highest BCUT2D eigenvalue weighted by Gasteiger charge is 2.66. The zero-order valence-corrected chi connectivity index (χ0v) is 14.3. The first-order valence-electron chi connectivity index (χ1n) is 8.15. The number of hydrogen-bond acceptors (Lipinski definition) is 3. The molecule has 1 amide bonds. The minimum Gasteiger partial charge on any atom is -0.467 e. The van der Waals surface area contributed by atoms with E-state index in [9.17, 15) is 22.8 Å². The Bertz CT molecular complexity index is 889. The number of allylic oxidation sites excluding steroid dienone is 1. The highest BCUT2D eigenvalue weighted by molar-refractivity contribution is 6.06. The van der Waals surface area contributed by atoms with Crippen molar-refractivity contribution in [2.45, 2.75) is 25.1 Å². The molecule has 1 aliphatic heterocycles. The van der Waals surface area contributed by atoms with Gasteiger partial charge >= 0.3 is 6.18 Å². The number of carbonyl (C=O) groups is 2. The number of rotatable bonds is 4. The molecule has 7 heteroatoms. The number of benzene rings is 2. The van der Waals surface area contributed by atoms with Crippen molar-refractivity contribution in [2.24, 2.45) is 0 Å². The fraction of sp³-hybridized carbons (Fsp3) is 0.200. The van der Waals surface area contributed by atoms with Crippen LogP contribution in [0.2, 0.25) is 0 Å². The van der Waals surface area contributed by atoms with E-state index in [0.717, 1.165) is 11.6 Å². The summed E-state index contributed by atoms with van der Waals surface area (Å²) >= 11 is 0. The van der Waals surface area contributed by atoms with Gasteiger partial charge in [-0.3, -0.25) is 9.59 Å². The third-order valence-electron chi connectivity index (χ3n) is 4.21. The fourth-order valence-electron chi connectivity index (χ4n) is 2.75. The number of ketones is 1. The maximum absolute atomic E-state index is 13.8. The van der Waals surface area contributed by atoms with Crippen LogP contribution >= 0.6 is 0 Å². The normalized spacial score (nSPS) is 21.2. The number of nitrogens with one attached hydrogen (secondary N) is 1. The number of ether oxygens (including phenoxy) is 1. The first-order valence-corrected chi connectivity index (χ1v) is 8.15. The third-order valence-corrected chi connectivity index (χ3v) is 4.21. The van der Waals surface area contributed by atoms with E-state index in [1.54, 1.807) is 37.3 Å². The molecule has 0 bridgehead atoms. The van der Waals surface area contributed by atoms with E-state index in [2.05, 4.69) is 5.32 Å². The monoisotopic (exact) mass is 375 g/mol. The van der Waals surface area contributed by atoms with Gasteiger partial charge in [0, 0.05) is 23.8 Å². The largest absolute Gasteiger partial charge is 0.467 e. The second kappa shape index (κ2) is 6.90. The molecule has 0 aliphatic carbocycles. The van der Waals surface area contributed by atoms with Gasteiger partial charge in [0.25, 0.3) is 11.5 Å². The van der Waals surface area contributed by atoms with Crippen LogP contribution in [0.4, 0.5) is 13.2 Å². The van der Waals surface area contributed by atoms with Crippen LogP contribution in [0.25, 0.3) is 0 Å². The lowest BCUT2D eigenvalue weighted by Gasteiger charge is -2.29. The number of halogens is 3. The highest BCUT2D eigenvalue weighted by Crippen LogP contribution is 2.42. The summed E-state index contributed by atoms with van der Waals surface area (Å²) in [5, 5.41) is 2.14. The molecule has 3 rings (SSSR count). The average Bonchev–Trinajstić information content (AvgIpc) is 2.94. The van der Waals surface area contributed by atoms with Crippen molar-refractivity contribution in [1.82, 2.24) is 5.32 Å². The fourth-order valence-corrected chi connectivity index (χ4v) is 2.75. The van der Waals surface area contributed by atoms with Gasteiger partial charge in [-0.2, -0.15) is 13.2 Å². The lowest BCUT2D eigenvalue weighted by atomic mass is 9.99. The van der Waals surface area contributed by atoms with Crippen LogP contribution in [0, 0.1) is 6.92 Å². The summed E-state index contributed by atoms with van der Waals surface area (Å²) in [6.07, 6.45) is -4.77. The number of amides is 1. The molecular formula is C20H16F3NO3. The Morgan fingerprint density at radius 3 is 2.33 bits per heavy atom. The Hall–Kier alpha value is -3.09. The number of aryl methyl sites for hydroxylation is 1. The molecule has 1 heterocycles. The molecule has 0 radical (unpaired) electrons. The van der Waals surface area contributed by atoms with E-state index in [4.69, 9.17) is 4.74 Å². The van der Waals surface area contributed by atoms with Crippen LogP contribution in [-0.4, -0.2) is 23.5 Å². The molecule has 1 aliphatic rings. The summed E-state index contributed by atoms with van der Waals surface area (Å²) < 4.78 is 46.4. The number of hydrogen-bond donors (Lipinski definition) is 1. The zero-order valence-electron chi connectivity index (χ0n) is 14.3. The van der Waals surface area contributed by atoms with Gasteiger partial charge in [-0.25, -0.2) is 0 Å². The van der Waals surface area contributed by atoms with E-state index >= 15 is 0 Å². The molecule has 27 heavy (non-hydrogen) atoms. The van der Waals surface area contributed by atoms with Crippen LogP contribution in [0.15, 0.2) is 66.4 Å². The van der Waals surface area contributed by atoms with Crippen molar-refractivity contribution < 1.29 is 27.5 Å². The van der Waals surface area contributed by atoms with Crippen LogP contribution < -0.4 is 10.1 Å². The second-order valence-electron chi connectivity index (χ2n) is 6.27. The molecule has 1 fully saturated rings. The Kier molecular flexibility index (Phi) is 4.78. The number of alkyl halides is 3. The van der Waals surface area contributed by atoms with Gasteiger partial charge in [0.1, 0.15) is 5.75 Å². The summed E-state index contributed by atoms with van der Waals surface area (Å²) in [6.45, 7) is 1.78. The molecule has 2 aromatic rings. The first-order chi connectivity index (χ1) is 12.7. The van der Waals surface area contributed by atoms with E-state index < -0.39 is 29.9 Å². The molecule has 0 saturated carbocycles. The predicted octanol–water partition coefficient (Wildman–Crippen LogP) is 3.96. The molecule has 4 nitrogen and oxygen atoms in total. The Labute approximate surface area is 153 Å². The summed E-state index contributed by atoms with van der Waals surface area (Å²) in [4.78, 5) is 24.4. The SMILES string of the molecule is Cc1ccc(OC2(C(F)(F)F)C/C(=C\C(=O)c3ccccc3)NC2=O)cc1. The van der Waals surface area contributed by atoms with Crippen molar-refractivity contribution in [3.05, 3.63) is 77.5 Å². The van der Waals surface area contributed by atoms with Crippen LogP contribution in [0.3, 0.4) is 0 Å². The van der Waals surface area contributed by atoms with E-state index in [-0.39, 0.29) is 11.4 Å². The lowest BCUT2D eigenvalue weighted by molar-refractivity contribution is -0.236. The van der Waals surface area contributed by atoms with E-state index in [1.807, 2.05) is 0 Å². The third kappa shape index (κ3) is 3.72. The van der Waals surface area contributed by atoms with Crippen molar-refractivity contribution in [3.8, 4) is 5.75 Å². The maximum atomic E-state index is 13.8. The summed E-state index contributed by atoms with van der Waals surface area (Å²) in [6, 6.07) is 14.0. The molecule has 2 aromatic carbocycles. The van der Waals surface area contributed by atoms with E-state index in [1.165, 1.54) is 24.3 Å². The van der Waals surface area contributed by atoms with E-state index in [0.29, 0.717) is 5.56 Å². The van der Waals surface area contributed by atoms with Gasteiger partial charge in [0.15, 0.2) is 5.78 Å². The molecular weight excluding hydrogens is 359 g/mol. The topological polar surface area (TPSA) is 55.4 Å². The molecule has 0 spiro atoms. The Morgan fingerprint density at radius 2 is 1.74 bits per heavy atom. The van der Waals surface area contributed by atoms with Gasteiger partial charge in [-0.05, 0) is 19.1 Å². The molecule has 0 aromatic heterocycles. The summed E-state index contributed by atoms with van der Waals surface area (Å²) in [7, 11) is 0. The van der Waals surface area contributed by atoms with Gasteiger partial charge in [-0.1, -0.05) is 48.0 Å². The van der Waals surface area contributed by atoms with Gasteiger partial charge in [-0.15, -0.1) is 0 Å². The first kappa shape index (κ1) is 18.7. The molecule has 1 N–H and O–H groups in total. The van der Waals surface area contributed by atoms with Gasteiger partial charge < -0.3 is 10.1 Å². The number of carbonyl (C=O) groups excluding carboxylic acids is 2. The van der Waals surface area contributed by atoms with Crippen LogP contribution in [0.5, 0.6) is 5.75 Å². The van der Waals surface area contributed by atoms with Gasteiger partial charge in [0.2, 0.25) is 0 Å². The molecule has 1 unspecified atom stereocenters. The van der Waals surface area contributed by atoms with Gasteiger partial charge in [0.05, 0.1) is 0 Å². The zero-order chi connectivity index (χ0) is 19.7. The highest BCUT2D eigenvalue weighted by atomic mass is 19.4. The molecule has 140 valence electrons.